The van der Waals surface area contributed by atoms with Gasteiger partial charge in [-0.05, 0) is 25.5 Å². The number of rotatable bonds is 2. The summed E-state index contributed by atoms with van der Waals surface area (Å²) in [6.45, 7) is 3.88. The average Bonchev–Trinajstić information content (AvgIpc) is 2.28. The lowest BCUT2D eigenvalue weighted by atomic mass is 10.1. The summed E-state index contributed by atoms with van der Waals surface area (Å²) in [5.74, 6) is 0.234. The van der Waals surface area contributed by atoms with E-state index < -0.39 is 0 Å². The Labute approximate surface area is 94.2 Å². The molecule has 3 nitrogen and oxygen atoms in total. The second kappa shape index (κ2) is 4.23. The van der Waals surface area contributed by atoms with E-state index in [1.165, 1.54) is 0 Å². The van der Waals surface area contributed by atoms with Gasteiger partial charge in [0, 0.05) is 11.3 Å². The predicted octanol–water partition coefficient (Wildman–Crippen LogP) is 2.57. The second-order valence-corrected chi connectivity index (χ2v) is 3.69. The van der Waals surface area contributed by atoms with Crippen LogP contribution < -0.4 is 0 Å². The number of benzene rings is 1. The van der Waals surface area contributed by atoms with Gasteiger partial charge in [0.1, 0.15) is 0 Å². The highest BCUT2D eigenvalue weighted by Crippen LogP contribution is 2.21. The molecule has 0 atom stereocenters. The Balaban J connectivity index is 2.60. The molecule has 1 aromatic carbocycles. The molecule has 2 rings (SSSR count). The predicted molar refractivity (Wildman–Crippen MR) is 62.3 cm³/mol. The molecule has 0 saturated heterocycles. The van der Waals surface area contributed by atoms with Crippen molar-refractivity contribution in [1.82, 2.24) is 9.97 Å². The van der Waals surface area contributed by atoms with E-state index in [0.717, 1.165) is 22.5 Å². The van der Waals surface area contributed by atoms with Crippen molar-refractivity contribution >= 4 is 6.29 Å². The van der Waals surface area contributed by atoms with Crippen LogP contribution in [0.2, 0.25) is 0 Å². The standard InChI is InChI=1S/C13H12N2O/c1-9-5-3-4-6-11(9)12-7-10(2)14-13(8-16)15-12/h3-8H,1-2H3. The summed E-state index contributed by atoms with van der Waals surface area (Å²) in [6.07, 6.45) is 0.675. The van der Waals surface area contributed by atoms with Crippen LogP contribution in [0.1, 0.15) is 21.9 Å². The van der Waals surface area contributed by atoms with Gasteiger partial charge >= 0.3 is 0 Å². The molecule has 0 aliphatic rings. The van der Waals surface area contributed by atoms with Gasteiger partial charge in [-0.1, -0.05) is 24.3 Å². The Bertz CT molecular complexity index is 535. The fourth-order valence-corrected chi connectivity index (χ4v) is 1.64. The quantitative estimate of drug-likeness (QED) is 0.718. The van der Waals surface area contributed by atoms with Crippen LogP contribution >= 0.6 is 0 Å². The zero-order valence-corrected chi connectivity index (χ0v) is 9.27. The molecular weight excluding hydrogens is 200 g/mol. The Morgan fingerprint density at radius 3 is 2.56 bits per heavy atom. The van der Waals surface area contributed by atoms with Crippen LogP contribution in [0, 0.1) is 13.8 Å². The van der Waals surface area contributed by atoms with Crippen molar-refractivity contribution in [2.45, 2.75) is 13.8 Å². The molecule has 0 aliphatic carbocycles. The third kappa shape index (κ3) is 1.98. The largest absolute Gasteiger partial charge is 0.294 e. The van der Waals surface area contributed by atoms with E-state index in [9.17, 15) is 4.79 Å². The lowest BCUT2D eigenvalue weighted by Gasteiger charge is -2.05. The molecule has 1 heterocycles. The molecule has 16 heavy (non-hydrogen) atoms. The van der Waals surface area contributed by atoms with Gasteiger partial charge in [-0.2, -0.15) is 0 Å². The van der Waals surface area contributed by atoms with Crippen molar-refractivity contribution in [3.63, 3.8) is 0 Å². The van der Waals surface area contributed by atoms with Crippen LogP contribution in [0.15, 0.2) is 30.3 Å². The van der Waals surface area contributed by atoms with E-state index in [0.29, 0.717) is 6.29 Å². The molecule has 1 aromatic heterocycles. The molecular formula is C13H12N2O. The van der Waals surface area contributed by atoms with Crippen LogP contribution in [0.5, 0.6) is 0 Å². The minimum atomic E-state index is 0.234. The van der Waals surface area contributed by atoms with E-state index in [4.69, 9.17) is 0 Å². The van der Waals surface area contributed by atoms with E-state index >= 15 is 0 Å². The molecule has 0 fully saturated rings. The maximum Gasteiger partial charge on any atom is 0.193 e. The molecule has 0 bridgehead atoms. The summed E-state index contributed by atoms with van der Waals surface area (Å²) in [6, 6.07) is 9.84. The third-order valence-corrected chi connectivity index (χ3v) is 2.40. The first-order valence-corrected chi connectivity index (χ1v) is 5.07. The molecule has 0 unspecified atom stereocenters. The zero-order chi connectivity index (χ0) is 11.5. The Hall–Kier alpha value is -2.03. The van der Waals surface area contributed by atoms with Gasteiger partial charge < -0.3 is 0 Å². The van der Waals surface area contributed by atoms with Gasteiger partial charge in [-0.25, -0.2) is 9.97 Å². The number of hydrogen-bond acceptors (Lipinski definition) is 3. The van der Waals surface area contributed by atoms with E-state index in [-0.39, 0.29) is 5.82 Å². The first-order chi connectivity index (χ1) is 7.70. The summed E-state index contributed by atoms with van der Waals surface area (Å²) < 4.78 is 0. The molecule has 0 saturated carbocycles. The number of hydrogen-bond donors (Lipinski definition) is 0. The fourth-order valence-electron chi connectivity index (χ4n) is 1.64. The van der Waals surface area contributed by atoms with Crippen molar-refractivity contribution in [2.24, 2.45) is 0 Å². The number of aromatic nitrogens is 2. The first-order valence-electron chi connectivity index (χ1n) is 5.07. The normalized spacial score (nSPS) is 10.1. The molecule has 0 aliphatic heterocycles. The number of nitrogens with zero attached hydrogens (tertiary/aromatic N) is 2. The highest BCUT2D eigenvalue weighted by Gasteiger charge is 2.05. The Kier molecular flexibility index (Phi) is 2.77. The molecule has 80 valence electrons. The van der Waals surface area contributed by atoms with Crippen LogP contribution in [0.3, 0.4) is 0 Å². The van der Waals surface area contributed by atoms with Crippen molar-refractivity contribution in [1.29, 1.82) is 0 Å². The molecule has 0 radical (unpaired) electrons. The molecule has 0 spiro atoms. The van der Waals surface area contributed by atoms with Crippen LogP contribution in [0.4, 0.5) is 0 Å². The maximum atomic E-state index is 10.7. The lowest BCUT2D eigenvalue weighted by molar-refractivity contribution is 0.111. The first kappa shape index (κ1) is 10.5. The maximum absolute atomic E-state index is 10.7. The number of aldehydes is 1. The van der Waals surface area contributed by atoms with Gasteiger partial charge in [-0.15, -0.1) is 0 Å². The van der Waals surface area contributed by atoms with Gasteiger partial charge in [0.25, 0.3) is 0 Å². The summed E-state index contributed by atoms with van der Waals surface area (Å²) in [5, 5.41) is 0. The monoisotopic (exact) mass is 212 g/mol. The SMILES string of the molecule is Cc1cc(-c2ccccc2C)nc(C=O)n1. The smallest absolute Gasteiger partial charge is 0.193 e. The number of carbonyl (C=O) groups is 1. The lowest BCUT2D eigenvalue weighted by Crippen LogP contribution is -1.98. The zero-order valence-electron chi connectivity index (χ0n) is 9.27. The highest BCUT2D eigenvalue weighted by atomic mass is 16.1. The van der Waals surface area contributed by atoms with E-state index in [1.54, 1.807) is 0 Å². The van der Waals surface area contributed by atoms with Crippen LogP contribution in [0.25, 0.3) is 11.3 Å². The minimum Gasteiger partial charge on any atom is -0.294 e. The average molecular weight is 212 g/mol. The third-order valence-electron chi connectivity index (χ3n) is 2.40. The molecule has 0 amide bonds. The van der Waals surface area contributed by atoms with Gasteiger partial charge in [0.2, 0.25) is 0 Å². The molecule has 2 aromatic rings. The van der Waals surface area contributed by atoms with Crippen molar-refractivity contribution in [3.8, 4) is 11.3 Å². The number of aryl methyl sites for hydroxylation is 2. The topological polar surface area (TPSA) is 42.9 Å². The van der Waals surface area contributed by atoms with Gasteiger partial charge in [0.15, 0.2) is 12.1 Å². The van der Waals surface area contributed by atoms with Crippen molar-refractivity contribution in [2.75, 3.05) is 0 Å². The summed E-state index contributed by atoms with van der Waals surface area (Å²) in [7, 11) is 0. The van der Waals surface area contributed by atoms with E-state index in [2.05, 4.69) is 9.97 Å². The van der Waals surface area contributed by atoms with Gasteiger partial charge in [0.05, 0.1) is 5.69 Å². The fraction of sp³-hybridized carbons (Fsp3) is 0.154. The van der Waals surface area contributed by atoms with Crippen LogP contribution in [-0.2, 0) is 0 Å². The highest BCUT2D eigenvalue weighted by molar-refractivity contribution is 5.72. The summed E-state index contributed by atoms with van der Waals surface area (Å²) in [5.41, 5.74) is 3.77. The summed E-state index contributed by atoms with van der Waals surface area (Å²) in [4.78, 5) is 18.9. The van der Waals surface area contributed by atoms with Crippen molar-refractivity contribution < 1.29 is 4.79 Å². The Morgan fingerprint density at radius 2 is 1.88 bits per heavy atom. The van der Waals surface area contributed by atoms with Gasteiger partial charge in [-0.3, -0.25) is 4.79 Å². The molecule has 0 N–H and O–H groups in total. The Morgan fingerprint density at radius 1 is 1.12 bits per heavy atom. The van der Waals surface area contributed by atoms with E-state index in [1.807, 2.05) is 44.2 Å². The number of carbonyl (C=O) groups excluding carboxylic acids is 1. The van der Waals surface area contributed by atoms with Crippen molar-refractivity contribution in [3.05, 3.63) is 47.4 Å². The summed E-state index contributed by atoms with van der Waals surface area (Å²) >= 11 is 0. The second-order valence-electron chi connectivity index (χ2n) is 3.69. The van der Waals surface area contributed by atoms with Crippen LogP contribution in [-0.4, -0.2) is 16.3 Å². The minimum absolute atomic E-state index is 0.234. The molecule has 3 heteroatoms.